The van der Waals surface area contributed by atoms with Gasteiger partial charge in [0.15, 0.2) is 11.5 Å². The summed E-state index contributed by atoms with van der Waals surface area (Å²) in [5.41, 5.74) is 1.70. The minimum absolute atomic E-state index is 0.140. The van der Waals surface area contributed by atoms with Crippen LogP contribution in [0.15, 0.2) is 12.1 Å². The normalized spacial score (nSPS) is 26.2. The van der Waals surface area contributed by atoms with Crippen molar-refractivity contribution in [2.45, 2.75) is 70.5 Å². The van der Waals surface area contributed by atoms with E-state index in [0.29, 0.717) is 24.5 Å². The summed E-state index contributed by atoms with van der Waals surface area (Å²) in [6.07, 6.45) is 5.60. The first kappa shape index (κ1) is 18.7. The van der Waals surface area contributed by atoms with Gasteiger partial charge in [-0.05, 0) is 64.5 Å². The standard InChI is InChI=1S/C22H30N4O3/c1-22(2,3)25-19(27)11-26-14-4-5-15(26)9-13(8-14)10-18-23-16-6-7-17-21(20(16)24-18)29-12-28-17/h6-7,13-15H,4-5,8-12H2,1-3H3,(H,23,24)(H,25,27)/t13-,14-,15+. The second-order valence-corrected chi connectivity index (χ2v) is 9.78. The predicted octanol–water partition coefficient (Wildman–Crippen LogP) is 2.99. The molecule has 5 rings (SSSR count). The third kappa shape index (κ3) is 3.68. The lowest BCUT2D eigenvalue weighted by molar-refractivity contribution is -0.125. The molecule has 1 amide bonds. The van der Waals surface area contributed by atoms with Crippen molar-refractivity contribution in [2.75, 3.05) is 13.3 Å². The summed E-state index contributed by atoms with van der Waals surface area (Å²) in [5, 5.41) is 3.10. The zero-order valence-electron chi connectivity index (χ0n) is 17.5. The topological polar surface area (TPSA) is 79.5 Å². The number of carbonyl (C=O) groups excluding carboxylic acids is 1. The fraction of sp³-hybridized carbons (Fsp3) is 0.636. The number of fused-ring (bicyclic) bond motifs is 5. The van der Waals surface area contributed by atoms with Crippen LogP contribution >= 0.6 is 0 Å². The summed E-state index contributed by atoms with van der Waals surface area (Å²) >= 11 is 0. The molecule has 2 N–H and O–H groups in total. The van der Waals surface area contributed by atoms with Crippen LogP contribution < -0.4 is 14.8 Å². The summed E-state index contributed by atoms with van der Waals surface area (Å²) in [5.74, 6) is 3.29. The number of benzene rings is 1. The first-order chi connectivity index (χ1) is 13.9. The molecule has 2 saturated heterocycles. The summed E-state index contributed by atoms with van der Waals surface area (Å²) in [6, 6.07) is 4.97. The van der Waals surface area contributed by atoms with E-state index < -0.39 is 0 Å². The molecule has 2 bridgehead atoms. The van der Waals surface area contributed by atoms with Crippen molar-refractivity contribution >= 4 is 16.9 Å². The Morgan fingerprint density at radius 1 is 1.24 bits per heavy atom. The van der Waals surface area contributed by atoms with Gasteiger partial charge >= 0.3 is 0 Å². The maximum absolute atomic E-state index is 12.4. The fourth-order valence-corrected chi connectivity index (χ4v) is 5.29. The molecule has 2 fully saturated rings. The third-order valence-corrected chi connectivity index (χ3v) is 6.34. The van der Waals surface area contributed by atoms with Crippen LogP contribution in [0.25, 0.3) is 11.0 Å². The molecule has 2 aromatic rings. The maximum atomic E-state index is 12.4. The first-order valence-corrected chi connectivity index (χ1v) is 10.7. The van der Waals surface area contributed by atoms with Gasteiger partial charge in [-0.3, -0.25) is 9.69 Å². The van der Waals surface area contributed by atoms with Crippen molar-refractivity contribution in [3.63, 3.8) is 0 Å². The van der Waals surface area contributed by atoms with Crippen molar-refractivity contribution in [1.29, 1.82) is 0 Å². The predicted molar refractivity (Wildman–Crippen MR) is 110 cm³/mol. The quantitative estimate of drug-likeness (QED) is 0.828. The van der Waals surface area contributed by atoms with Crippen LogP contribution in [0.4, 0.5) is 0 Å². The highest BCUT2D eigenvalue weighted by Crippen LogP contribution is 2.41. The van der Waals surface area contributed by atoms with E-state index in [0.717, 1.165) is 47.6 Å². The Balaban J connectivity index is 1.25. The summed E-state index contributed by atoms with van der Waals surface area (Å²) < 4.78 is 11.1. The van der Waals surface area contributed by atoms with Crippen molar-refractivity contribution < 1.29 is 14.3 Å². The molecule has 3 aliphatic heterocycles. The molecule has 1 aromatic heterocycles. The Labute approximate surface area is 171 Å². The minimum Gasteiger partial charge on any atom is -0.454 e. The Morgan fingerprint density at radius 2 is 2.00 bits per heavy atom. The van der Waals surface area contributed by atoms with E-state index in [2.05, 4.69) is 15.2 Å². The van der Waals surface area contributed by atoms with Crippen molar-refractivity contribution in [3.05, 3.63) is 18.0 Å². The van der Waals surface area contributed by atoms with Crippen LogP contribution in [-0.4, -0.2) is 51.7 Å². The molecule has 7 nitrogen and oxygen atoms in total. The molecule has 0 unspecified atom stereocenters. The van der Waals surface area contributed by atoms with E-state index in [4.69, 9.17) is 14.5 Å². The van der Waals surface area contributed by atoms with Crippen LogP contribution in [0.3, 0.4) is 0 Å². The third-order valence-electron chi connectivity index (χ3n) is 6.34. The van der Waals surface area contributed by atoms with Crippen LogP contribution in [0.2, 0.25) is 0 Å². The number of hydrogen-bond donors (Lipinski definition) is 2. The van der Waals surface area contributed by atoms with Gasteiger partial charge in [-0.1, -0.05) is 0 Å². The summed E-state index contributed by atoms with van der Waals surface area (Å²) in [4.78, 5) is 23.1. The van der Waals surface area contributed by atoms with E-state index in [1.165, 1.54) is 12.8 Å². The lowest BCUT2D eigenvalue weighted by Crippen LogP contribution is -2.51. The van der Waals surface area contributed by atoms with Gasteiger partial charge < -0.3 is 19.8 Å². The number of ether oxygens (including phenoxy) is 2. The molecular weight excluding hydrogens is 368 g/mol. The van der Waals surface area contributed by atoms with Gasteiger partial charge in [-0.25, -0.2) is 4.98 Å². The Hall–Kier alpha value is -2.28. The van der Waals surface area contributed by atoms with E-state index in [9.17, 15) is 4.79 Å². The molecular formula is C22H30N4O3. The van der Waals surface area contributed by atoms with E-state index in [1.54, 1.807) is 0 Å². The summed E-state index contributed by atoms with van der Waals surface area (Å²) in [6.45, 7) is 6.89. The lowest BCUT2D eigenvalue weighted by Gasteiger charge is -2.38. The number of rotatable bonds is 4. The fourth-order valence-electron chi connectivity index (χ4n) is 5.29. The highest BCUT2D eigenvalue weighted by Gasteiger charge is 2.41. The van der Waals surface area contributed by atoms with Crippen LogP contribution in [-0.2, 0) is 11.2 Å². The molecule has 4 heterocycles. The molecule has 29 heavy (non-hydrogen) atoms. The van der Waals surface area contributed by atoms with Crippen LogP contribution in [0.1, 0.15) is 52.3 Å². The second kappa shape index (κ2) is 6.90. The number of amides is 1. The number of nitrogens with one attached hydrogen (secondary N) is 2. The van der Waals surface area contributed by atoms with Crippen LogP contribution in [0.5, 0.6) is 11.5 Å². The maximum Gasteiger partial charge on any atom is 0.234 e. The second-order valence-electron chi connectivity index (χ2n) is 9.78. The Morgan fingerprint density at radius 3 is 2.72 bits per heavy atom. The number of piperidine rings is 1. The van der Waals surface area contributed by atoms with E-state index in [-0.39, 0.29) is 18.2 Å². The molecule has 0 saturated carbocycles. The number of aromatic amines is 1. The van der Waals surface area contributed by atoms with Crippen LogP contribution in [0, 0.1) is 5.92 Å². The molecule has 7 heteroatoms. The number of imidazole rings is 1. The van der Waals surface area contributed by atoms with Gasteiger partial charge in [0.1, 0.15) is 11.3 Å². The number of H-pyrrole nitrogens is 1. The number of nitrogens with zero attached hydrogens (tertiary/aromatic N) is 2. The number of carbonyl (C=O) groups is 1. The van der Waals surface area contributed by atoms with Gasteiger partial charge in [-0.2, -0.15) is 0 Å². The Bertz CT molecular complexity index is 918. The van der Waals surface area contributed by atoms with Crippen molar-refractivity contribution in [1.82, 2.24) is 20.2 Å². The molecule has 3 atom stereocenters. The highest BCUT2D eigenvalue weighted by atomic mass is 16.7. The van der Waals surface area contributed by atoms with E-state index in [1.807, 2.05) is 32.9 Å². The molecule has 3 aliphatic rings. The lowest BCUT2D eigenvalue weighted by atomic mass is 9.88. The zero-order chi connectivity index (χ0) is 20.2. The van der Waals surface area contributed by atoms with E-state index >= 15 is 0 Å². The molecule has 156 valence electrons. The largest absolute Gasteiger partial charge is 0.454 e. The zero-order valence-corrected chi connectivity index (χ0v) is 17.5. The smallest absolute Gasteiger partial charge is 0.234 e. The average Bonchev–Trinajstić information content (AvgIpc) is 3.29. The average molecular weight is 399 g/mol. The van der Waals surface area contributed by atoms with Gasteiger partial charge in [0.25, 0.3) is 0 Å². The number of aromatic nitrogens is 2. The number of hydrogen-bond acceptors (Lipinski definition) is 5. The van der Waals surface area contributed by atoms with Crippen molar-refractivity contribution in [3.8, 4) is 11.5 Å². The van der Waals surface area contributed by atoms with Gasteiger partial charge in [0.2, 0.25) is 12.7 Å². The van der Waals surface area contributed by atoms with Crippen molar-refractivity contribution in [2.24, 2.45) is 5.92 Å². The SMILES string of the molecule is CC(C)(C)NC(=O)CN1[C@@H]2CC[C@H]1C[C@H](Cc1nc3c4c(ccc3[nH]1)OCO4)C2. The minimum atomic E-state index is -0.176. The van der Waals surface area contributed by atoms with Gasteiger partial charge in [-0.15, -0.1) is 0 Å². The summed E-state index contributed by atoms with van der Waals surface area (Å²) in [7, 11) is 0. The molecule has 1 aromatic carbocycles. The first-order valence-electron chi connectivity index (χ1n) is 10.7. The monoisotopic (exact) mass is 398 g/mol. The molecule has 0 spiro atoms. The van der Waals surface area contributed by atoms with Gasteiger partial charge in [0, 0.05) is 24.0 Å². The molecule has 0 radical (unpaired) electrons. The highest BCUT2D eigenvalue weighted by molar-refractivity contribution is 5.85. The Kier molecular flexibility index (Phi) is 4.46. The molecule has 0 aliphatic carbocycles. The van der Waals surface area contributed by atoms with Gasteiger partial charge in [0.05, 0.1) is 12.1 Å².